The minimum absolute atomic E-state index is 0. The molecule has 0 aliphatic heterocycles. The van der Waals surface area contributed by atoms with Crippen LogP contribution < -0.4 is 0 Å². The Bertz CT molecular complexity index is 386. The van der Waals surface area contributed by atoms with Gasteiger partial charge in [0.25, 0.3) is 0 Å². The monoisotopic (exact) mass is 363 g/mol. The topological polar surface area (TPSA) is 33.1 Å². The molecule has 0 atom stereocenters. The number of pyridine rings is 1. The number of hydrogen-bond acceptors (Lipinski definition) is 2. The standard InChI is InChI=1S/C11H8NO.Ir/c13-10-6-7-11(12-8-10)9-4-2-1-3-5-9;/h1-4,6-8,13H;/q-1;. The Labute approximate surface area is 96.0 Å². The summed E-state index contributed by atoms with van der Waals surface area (Å²) in [4.78, 5) is 4.07. The molecule has 1 radical (unpaired) electrons. The van der Waals surface area contributed by atoms with E-state index >= 15 is 0 Å². The van der Waals surface area contributed by atoms with E-state index in [1.807, 2.05) is 24.3 Å². The number of nitrogens with zero attached hydrogens (tertiary/aromatic N) is 1. The van der Waals surface area contributed by atoms with E-state index in [-0.39, 0.29) is 25.9 Å². The van der Waals surface area contributed by atoms with Crippen molar-refractivity contribution in [2.75, 3.05) is 0 Å². The average Bonchev–Trinajstić information content (AvgIpc) is 2.20. The van der Waals surface area contributed by atoms with Gasteiger partial charge >= 0.3 is 0 Å². The molecule has 0 fully saturated rings. The maximum Gasteiger partial charge on any atom is 0.132 e. The summed E-state index contributed by atoms with van der Waals surface area (Å²) < 4.78 is 0. The van der Waals surface area contributed by atoms with Crippen LogP contribution >= 0.6 is 0 Å². The van der Waals surface area contributed by atoms with Crippen LogP contribution in [0.2, 0.25) is 0 Å². The number of hydrogen-bond donors (Lipinski definition) is 1. The Morgan fingerprint density at radius 1 is 1.14 bits per heavy atom. The van der Waals surface area contributed by atoms with Gasteiger partial charge in [-0.25, -0.2) is 0 Å². The van der Waals surface area contributed by atoms with Gasteiger partial charge in [0, 0.05) is 20.1 Å². The molecule has 0 amide bonds. The van der Waals surface area contributed by atoms with E-state index in [4.69, 9.17) is 5.11 Å². The first-order valence-corrected chi connectivity index (χ1v) is 3.98. The number of rotatable bonds is 1. The van der Waals surface area contributed by atoms with Crippen LogP contribution in [0.4, 0.5) is 0 Å². The number of aromatic nitrogens is 1. The van der Waals surface area contributed by atoms with Crippen molar-refractivity contribution in [1.29, 1.82) is 0 Å². The molecule has 14 heavy (non-hydrogen) atoms. The van der Waals surface area contributed by atoms with Crippen molar-refractivity contribution in [1.82, 2.24) is 4.98 Å². The van der Waals surface area contributed by atoms with Gasteiger partial charge in [-0.15, -0.1) is 35.9 Å². The molecule has 2 nitrogen and oxygen atoms in total. The molecule has 0 saturated heterocycles. The van der Waals surface area contributed by atoms with Crippen molar-refractivity contribution in [3.63, 3.8) is 0 Å². The minimum atomic E-state index is 0. The maximum atomic E-state index is 9.03. The van der Waals surface area contributed by atoms with E-state index in [1.54, 1.807) is 12.1 Å². The fraction of sp³-hybridized carbons (Fsp3) is 0. The molecule has 0 saturated carbocycles. The van der Waals surface area contributed by atoms with Crippen molar-refractivity contribution in [2.24, 2.45) is 0 Å². The smallest absolute Gasteiger partial charge is 0.132 e. The van der Waals surface area contributed by atoms with Crippen LogP contribution in [-0.2, 0) is 20.1 Å². The third-order valence-corrected chi connectivity index (χ3v) is 1.73. The van der Waals surface area contributed by atoms with Crippen molar-refractivity contribution in [2.45, 2.75) is 0 Å². The van der Waals surface area contributed by atoms with Crippen LogP contribution in [0.25, 0.3) is 11.3 Å². The SMILES string of the molecule is Oc1ccc(-c2[c-]cccc2)nc1.[Ir]. The summed E-state index contributed by atoms with van der Waals surface area (Å²) in [6.45, 7) is 0. The van der Waals surface area contributed by atoms with Crippen molar-refractivity contribution >= 4 is 0 Å². The molecular weight excluding hydrogens is 354 g/mol. The second-order valence-electron chi connectivity index (χ2n) is 2.68. The van der Waals surface area contributed by atoms with Crippen LogP contribution in [-0.4, -0.2) is 10.1 Å². The molecule has 0 aliphatic carbocycles. The molecule has 1 aromatic carbocycles. The van der Waals surface area contributed by atoms with E-state index < -0.39 is 0 Å². The Kier molecular flexibility index (Phi) is 3.81. The average molecular weight is 362 g/mol. The minimum Gasteiger partial charge on any atom is -0.506 e. The van der Waals surface area contributed by atoms with Crippen LogP contribution in [0.1, 0.15) is 0 Å². The molecular formula is C11H8IrNO-. The van der Waals surface area contributed by atoms with Crippen molar-refractivity contribution < 1.29 is 25.2 Å². The summed E-state index contributed by atoms with van der Waals surface area (Å²) >= 11 is 0. The molecule has 1 aromatic heterocycles. The fourth-order valence-corrected chi connectivity index (χ4v) is 1.10. The molecule has 0 aliphatic rings. The third-order valence-electron chi connectivity index (χ3n) is 1.73. The molecule has 0 unspecified atom stereocenters. The van der Waals surface area contributed by atoms with Gasteiger partial charge in [-0.3, -0.25) is 0 Å². The molecule has 2 aromatic rings. The van der Waals surface area contributed by atoms with Gasteiger partial charge < -0.3 is 10.1 Å². The van der Waals surface area contributed by atoms with Crippen molar-refractivity contribution in [3.05, 3.63) is 48.7 Å². The first-order valence-electron chi connectivity index (χ1n) is 3.98. The van der Waals surface area contributed by atoms with Crippen LogP contribution in [0.15, 0.2) is 42.6 Å². The fourth-order valence-electron chi connectivity index (χ4n) is 1.10. The summed E-state index contributed by atoms with van der Waals surface area (Å²) in [5.74, 6) is 0.180. The predicted octanol–water partition coefficient (Wildman–Crippen LogP) is 2.25. The predicted molar refractivity (Wildman–Crippen MR) is 50.2 cm³/mol. The van der Waals surface area contributed by atoms with Gasteiger partial charge in [-0.1, -0.05) is 6.07 Å². The van der Waals surface area contributed by atoms with E-state index in [0.29, 0.717) is 0 Å². The normalized spacial score (nSPS) is 9.14. The number of aromatic hydroxyl groups is 1. The third kappa shape index (κ3) is 2.41. The first kappa shape index (κ1) is 10.9. The first-order chi connectivity index (χ1) is 6.36. The van der Waals surface area contributed by atoms with Gasteiger partial charge in [-0.2, -0.15) is 0 Å². The van der Waals surface area contributed by atoms with Gasteiger partial charge in [0.05, 0.1) is 6.20 Å². The number of benzene rings is 1. The summed E-state index contributed by atoms with van der Waals surface area (Å²) in [6, 6.07) is 14.0. The molecule has 73 valence electrons. The largest absolute Gasteiger partial charge is 0.506 e. The molecule has 1 N–H and O–H groups in total. The zero-order chi connectivity index (χ0) is 9.10. The van der Waals surface area contributed by atoms with Crippen molar-refractivity contribution in [3.8, 4) is 17.0 Å². The summed E-state index contributed by atoms with van der Waals surface area (Å²) in [5, 5.41) is 9.03. The van der Waals surface area contributed by atoms with Gasteiger partial charge in [0.2, 0.25) is 0 Å². The van der Waals surface area contributed by atoms with E-state index in [1.165, 1.54) is 6.20 Å². The van der Waals surface area contributed by atoms with Crippen LogP contribution in [0.5, 0.6) is 5.75 Å². The van der Waals surface area contributed by atoms with Gasteiger partial charge in [0.15, 0.2) is 0 Å². The van der Waals surface area contributed by atoms with Crippen LogP contribution in [0.3, 0.4) is 0 Å². The summed E-state index contributed by atoms with van der Waals surface area (Å²) in [5.41, 5.74) is 1.75. The van der Waals surface area contributed by atoms with Gasteiger partial charge in [-0.05, 0) is 11.8 Å². The zero-order valence-corrected chi connectivity index (χ0v) is 9.66. The second kappa shape index (κ2) is 4.89. The molecule has 3 heteroatoms. The maximum absolute atomic E-state index is 9.03. The summed E-state index contributed by atoms with van der Waals surface area (Å²) in [6.07, 6.45) is 1.43. The molecule has 2 rings (SSSR count). The van der Waals surface area contributed by atoms with E-state index in [9.17, 15) is 0 Å². The molecule has 0 bridgehead atoms. The van der Waals surface area contributed by atoms with Gasteiger partial charge in [0.1, 0.15) is 5.75 Å². The Morgan fingerprint density at radius 2 is 2.00 bits per heavy atom. The Hall–Kier alpha value is -1.18. The molecule has 0 spiro atoms. The van der Waals surface area contributed by atoms with Crippen LogP contribution in [0, 0.1) is 6.07 Å². The Morgan fingerprint density at radius 3 is 2.57 bits per heavy atom. The Balaban J connectivity index is 0.000000980. The quantitative estimate of drug-likeness (QED) is 0.790. The zero-order valence-electron chi connectivity index (χ0n) is 7.27. The second-order valence-corrected chi connectivity index (χ2v) is 2.68. The van der Waals surface area contributed by atoms with E-state index in [0.717, 1.165) is 11.3 Å². The summed E-state index contributed by atoms with van der Waals surface area (Å²) in [7, 11) is 0. The molecule has 1 heterocycles. The van der Waals surface area contributed by atoms with E-state index in [2.05, 4.69) is 11.1 Å².